The highest BCUT2D eigenvalue weighted by Crippen LogP contribution is 2.20. The summed E-state index contributed by atoms with van der Waals surface area (Å²) in [6.07, 6.45) is 13.5. The van der Waals surface area contributed by atoms with Gasteiger partial charge in [-0.2, -0.15) is 0 Å². The van der Waals surface area contributed by atoms with E-state index in [0.717, 1.165) is 45.1 Å². The molecule has 0 aliphatic heterocycles. The van der Waals surface area contributed by atoms with Gasteiger partial charge in [-0.05, 0) is 45.1 Å². The van der Waals surface area contributed by atoms with Gasteiger partial charge in [0.15, 0.2) is 0 Å². The smallest absolute Gasteiger partial charge is 0.306 e. The van der Waals surface area contributed by atoms with Crippen LogP contribution in [0.3, 0.4) is 0 Å². The Bertz CT molecular complexity index is 211. The van der Waals surface area contributed by atoms with E-state index in [-0.39, 0.29) is 12.1 Å². The number of carbonyl (C=O) groups excluding carboxylic acids is 1. The lowest BCUT2D eigenvalue weighted by atomic mass is 9.98. The third-order valence-corrected chi connectivity index (χ3v) is 3.69. The van der Waals surface area contributed by atoms with Crippen LogP contribution < -0.4 is 5.73 Å². The number of ether oxygens (including phenoxy) is 1. The standard InChI is InChI=1S/C15H29NO2/c16-13-9-5-4-8-12-15(17)18-14-10-6-2-1-3-7-11-14/h14H,1-13,16H2. The summed E-state index contributed by atoms with van der Waals surface area (Å²) in [5.74, 6) is 0.00771. The van der Waals surface area contributed by atoms with Gasteiger partial charge < -0.3 is 10.5 Å². The molecule has 18 heavy (non-hydrogen) atoms. The van der Waals surface area contributed by atoms with Crippen molar-refractivity contribution in [2.75, 3.05) is 6.54 Å². The van der Waals surface area contributed by atoms with E-state index in [9.17, 15) is 4.79 Å². The Kier molecular flexibility index (Phi) is 8.92. The van der Waals surface area contributed by atoms with Gasteiger partial charge in [0.2, 0.25) is 0 Å². The largest absolute Gasteiger partial charge is 0.462 e. The van der Waals surface area contributed by atoms with Crippen LogP contribution in [0.5, 0.6) is 0 Å². The summed E-state index contributed by atoms with van der Waals surface area (Å²) in [4.78, 5) is 11.7. The van der Waals surface area contributed by atoms with Crippen molar-refractivity contribution in [2.24, 2.45) is 5.73 Å². The molecule has 0 aromatic carbocycles. The zero-order valence-corrected chi connectivity index (χ0v) is 11.7. The molecule has 106 valence electrons. The fourth-order valence-electron chi connectivity index (χ4n) is 2.55. The van der Waals surface area contributed by atoms with Crippen LogP contribution in [0, 0.1) is 0 Å². The number of nitrogens with two attached hydrogens (primary N) is 1. The van der Waals surface area contributed by atoms with Crippen molar-refractivity contribution in [1.29, 1.82) is 0 Å². The minimum Gasteiger partial charge on any atom is -0.462 e. The molecule has 0 unspecified atom stereocenters. The van der Waals surface area contributed by atoms with Crippen LogP contribution in [-0.2, 0) is 9.53 Å². The lowest BCUT2D eigenvalue weighted by Gasteiger charge is -2.20. The molecule has 0 radical (unpaired) electrons. The van der Waals surface area contributed by atoms with Gasteiger partial charge in [-0.1, -0.05) is 32.1 Å². The fourth-order valence-corrected chi connectivity index (χ4v) is 2.55. The van der Waals surface area contributed by atoms with Crippen molar-refractivity contribution >= 4 is 5.97 Å². The molecule has 3 nitrogen and oxygen atoms in total. The second kappa shape index (κ2) is 10.4. The molecular weight excluding hydrogens is 226 g/mol. The van der Waals surface area contributed by atoms with E-state index in [1.54, 1.807) is 0 Å². The molecule has 1 rings (SSSR count). The summed E-state index contributed by atoms with van der Waals surface area (Å²) >= 11 is 0. The van der Waals surface area contributed by atoms with Crippen molar-refractivity contribution in [3.05, 3.63) is 0 Å². The average molecular weight is 255 g/mol. The molecule has 0 aromatic rings. The number of unbranched alkanes of at least 4 members (excludes halogenated alkanes) is 3. The molecule has 0 spiro atoms. The second-order valence-electron chi connectivity index (χ2n) is 5.41. The molecule has 0 aromatic heterocycles. The third kappa shape index (κ3) is 7.70. The monoisotopic (exact) mass is 255 g/mol. The molecule has 0 saturated heterocycles. The molecular formula is C15H29NO2. The molecule has 0 heterocycles. The molecule has 3 heteroatoms. The Morgan fingerprint density at radius 1 is 0.944 bits per heavy atom. The predicted molar refractivity (Wildman–Crippen MR) is 74.3 cm³/mol. The van der Waals surface area contributed by atoms with Gasteiger partial charge >= 0.3 is 5.97 Å². The van der Waals surface area contributed by atoms with Gasteiger partial charge in [0, 0.05) is 6.42 Å². The Morgan fingerprint density at radius 2 is 1.56 bits per heavy atom. The highest BCUT2D eigenvalue weighted by Gasteiger charge is 2.15. The summed E-state index contributed by atoms with van der Waals surface area (Å²) in [6, 6.07) is 0. The van der Waals surface area contributed by atoms with Crippen molar-refractivity contribution in [3.63, 3.8) is 0 Å². The summed E-state index contributed by atoms with van der Waals surface area (Å²) in [6.45, 7) is 0.756. The van der Waals surface area contributed by atoms with Gasteiger partial charge in [-0.15, -0.1) is 0 Å². The first-order chi connectivity index (χ1) is 8.83. The van der Waals surface area contributed by atoms with Crippen LogP contribution >= 0.6 is 0 Å². The molecule has 0 amide bonds. The van der Waals surface area contributed by atoms with Crippen molar-refractivity contribution < 1.29 is 9.53 Å². The summed E-state index contributed by atoms with van der Waals surface area (Å²) < 4.78 is 5.57. The number of carbonyl (C=O) groups is 1. The van der Waals surface area contributed by atoms with Gasteiger partial charge in [0.05, 0.1) is 0 Å². The van der Waals surface area contributed by atoms with Gasteiger partial charge in [-0.25, -0.2) is 0 Å². The highest BCUT2D eigenvalue weighted by atomic mass is 16.5. The first kappa shape index (κ1) is 15.5. The Balaban J connectivity index is 2.06. The van der Waals surface area contributed by atoms with Gasteiger partial charge in [-0.3, -0.25) is 4.79 Å². The van der Waals surface area contributed by atoms with Gasteiger partial charge in [0.1, 0.15) is 6.10 Å². The van der Waals surface area contributed by atoms with E-state index in [2.05, 4.69) is 0 Å². The number of esters is 1. The lowest BCUT2D eigenvalue weighted by molar-refractivity contribution is -0.150. The SMILES string of the molecule is NCCCCCCC(=O)OC1CCCCCCC1. The normalized spacial score (nSPS) is 18.1. The Hall–Kier alpha value is -0.570. The van der Waals surface area contributed by atoms with Crippen molar-refractivity contribution in [1.82, 2.24) is 0 Å². The van der Waals surface area contributed by atoms with E-state index in [1.807, 2.05) is 0 Å². The zero-order valence-electron chi connectivity index (χ0n) is 11.7. The quantitative estimate of drug-likeness (QED) is 0.559. The third-order valence-electron chi connectivity index (χ3n) is 3.69. The van der Waals surface area contributed by atoms with E-state index < -0.39 is 0 Å². The maximum atomic E-state index is 11.7. The van der Waals surface area contributed by atoms with Crippen LogP contribution in [0.4, 0.5) is 0 Å². The van der Waals surface area contributed by atoms with E-state index in [0.29, 0.717) is 6.42 Å². The maximum Gasteiger partial charge on any atom is 0.306 e. The molecule has 0 atom stereocenters. The topological polar surface area (TPSA) is 52.3 Å². The molecule has 1 saturated carbocycles. The van der Waals surface area contributed by atoms with E-state index >= 15 is 0 Å². The number of rotatable bonds is 7. The predicted octanol–water partition coefficient (Wildman–Crippen LogP) is 3.55. The van der Waals surface area contributed by atoms with E-state index in [1.165, 1.54) is 32.1 Å². The Labute approximate surface area is 111 Å². The fraction of sp³-hybridized carbons (Fsp3) is 0.933. The highest BCUT2D eigenvalue weighted by molar-refractivity contribution is 5.69. The lowest BCUT2D eigenvalue weighted by Crippen LogP contribution is -2.19. The second-order valence-corrected chi connectivity index (χ2v) is 5.41. The molecule has 1 aliphatic rings. The van der Waals surface area contributed by atoms with Crippen LogP contribution in [-0.4, -0.2) is 18.6 Å². The van der Waals surface area contributed by atoms with E-state index in [4.69, 9.17) is 10.5 Å². The van der Waals surface area contributed by atoms with Crippen LogP contribution in [0.1, 0.15) is 77.0 Å². The first-order valence-corrected chi connectivity index (χ1v) is 7.72. The van der Waals surface area contributed by atoms with Gasteiger partial charge in [0.25, 0.3) is 0 Å². The Morgan fingerprint density at radius 3 is 2.22 bits per heavy atom. The molecule has 0 bridgehead atoms. The number of hydrogen-bond acceptors (Lipinski definition) is 3. The zero-order chi connectivity index (χ0) is 13.1. The first-order valence-electron chi connectivity index (χ1n) is 7.72. The van der Waals surface area contributed by atoms with Crippen molar-refractivity contribution in [2.45, 2.75) is 83.2 Å². The van der Waals surface area contributed by atoms with Crippen LogP contribution in [0.25, 0.3) is 0 Å². The summed E-state index contributed by atoms with van der Waals surface area (Å²) in [5, 5.41) is 0. The number of hydrogen-bond donors (Lipinski definition) is 1. The maximum absolute atomic E-state index is 11.7. The minimum atomic E-state index is 0.00771. The molecule has 1 fully saturated rings. The molecule has 1 aliphatic carbocycles. The van der Waals surface area contributed by atoms with Crippen LogP contribution in [0.15, 0.2) is 0 Å². The minimum absolute atomic E-state index is 0.00771. The summed E-state index contributed by atoms with van der Waals surface area (Å²) in [5.41, 5.74) is 5.43. The summed E-state index contributed by atoms with van der Waals surface area (Å²) in [7, 11) is 0. The average Bonchev–Trinajstić information content (AvgIpc) is 2.32. The molecule has 2 N–H and O–H groups in total. The van der Waals surface area contributed by atoms with Crippen molar-refractivity contribution in [3.8, 4) is 0 Å². The van der Waals surface area contributed by atoms with Crippen LogP contribution in [0.2, 0.25) is 0 Å².